The Morgan fingerprint density at radius 1 is 1.02 bits per heavy atom. The van der Waals surface area contributed by atoms with Gasteiger partial charge >= 0.3 is 6.09 Å². The van der Waals surface area contributed by atoms with Crippen LogP contribution in [0.5, 0.6) is 0 Å². The van der Waals surface area contributed by atoms with E-state index in [1.165, 1.54) is 57.8 Å². The van der Waals surface area contributed by atoms with Crippen LogP contribution in [0, 0.1) is 46.3 Å². The molecule has 0 aromatic rings. The highest BCUT2D eigenvalue weighted by Crippen LogP contribution is 2.67. The molecule has 5 nitrogen and oxygen atoms in total. The molecule has 5 heteroatoms. The average molecular weight is 556 g/mol. The molecule has 5 aliphatic rings. The van der Waals surface area contributed by atoms with E-state index in [0.717, 1.165) is 81.1 Å². The quantitative estimate of drug-likeness (QED) is 0.302. The van der Waals surface area contributed by atoms with Gasteiger partial charge in [0.1, 0.15) is 6.10 Å². The molecule has 0 bridgehead atoms. The van der Waals surface area contributed by atoms with Crippen LogP contribution in [0.3, 0.4) is 0 Å². The normalized spacial score (nSPS) is 39.2. The second-order valence-electron chi connectivity index (χ2n) is 15.6. The zero-order valence-corrected chi connectivity index (χ0v) is 26.9. The standard InChI is InChI=1S/C35H61N3O2/c1-25(2)8-7-9-26(3)30-12-13-31-29-11-10-27-24-28(14-16-34(27,4)32(29)15-17-35(30,31)5)40-33(39)36-18-19-38-22-20-37(6)21-23-38/h10,25-26,28-32H,7-9,11-24H2,1-6H3,(H,36,39)/t26-,28+,29+,30-,31+,32+,34+,35-/m1/s1. The molecule has 228 valence electrons. The number of nitrogens with zero attached hydrogens (tertiary/aromatic N) is 2. The number of hydrogen-bond donors (Lipinski definition) is 1. The van der Waals surface area contributed by atoms with Gasteiger partial charge in [-0.2, -0.15) is 0 Å². The van der Waals surface area contributed by atoms with Crippen molar-refractivity contribution in [3.05, 3.63) is 11.6 Å². The van der Waals surface area contributed by atoms with Crippen molar-refractivity contribution in [2.45, 2.75) is 111 Å². The molecule has 0 spiro atoms. The second kappa shape index (κ2) is 12.7. The van der Waals surface area contributed by atoms with E-state index in [1.54, 1.807) is 5.57 Å². The van der Waals surface area contributed by atoms with E-state index in [1.807, 2.05) is 0 Å². The molecule has 40 heavy (non-hydrogen) atoms. The first-order chi connectivity index (χ1) is 19.1. The summed E-state index contributed by atoms with van der Waals surface area (Å²) in [4.78, 5) is 17.4. The topological polar surface area (TPSA) is 44.8 Å². The van der Waals surface area contributed by atoms with Gasteiger partial charge in [-0.05, 0) is 98.3 Å². The smallest absolute Gasteiger partial charge is 0.407 e. The van der Waals surface area contributed by atoms with Gasteiger partial charge in [-0.25, -0.2) is 4.79 Å². The van der Waals surface area contributed by atoms with Crippen molar-refractivity contribution in [1.82, 2.24) is 15.1 Å². The number of amides is 1. The Bertz CT molecular complexity index is 895. The highest BCUT2D eigenvalue weighted by molar-refractivity contribution is 5.67. The van der Waals surface area contributed by atoms with Crippen LogP contribution in [0.2, 0.25) is 0 Å². The summed E-state index contributed by atoms with van der Waals surface area (Å²) in [7, 11) is 2.18. The molecule has 0 aromatic heterocycles. The van der Waals surface area contributed by atoms with Gasteiger partial charge in [0, 0.05) is 45.7 Å². The molecule has 5 rings (SSSR count). The highest BCUT2D eigenvalue weighted by Gasteiger charge is 2.59. The lowest BCUT2D eigenvalue weighted by molar-refractivity contribution is -0.0581. The molecule has 8 atom stereocenters. The summed E-state index contributed by atoms with van der Waals surface area (Å²) < 4.78 is 5.98. The van der Waals surface area contributed by atoms with Gasteiger partial charge in [-0.3, -0.25) is 4.90 Å². The molecule has 1 N–H and O–H groups in total. The molecule has 0 aromatic carbocycles. The van der Waals surface area contributed by atoms with E-state index >= 15 is 0 Å². The summed E-state index contributed by atoms with van der Waals surface area (Å²) in [5.74, 6) is 5.20. The van der Waals surface area contributed by atoms with E-state index in [9.17, 15) is 4.79 Å². The van der Waals surface area contributed by atoms with Crippen LogP contribution in [0.25, 0.3) is 0 Å². The van der Waals surface area contributed by atoms with Crippen molar-refractivity contribution < 1.29 is 9.53 Å². The van der Waals surface area contributed by atoms with E-state index in [4.69, 9.17) is 4.74 Å². The van der Waals surface area contributed by atoms with Crippen LogP contribution < -0.4 is 5.32 Å². The van der Waals surface area contributed by atoms with Gasteiger partial charge in [0.05, 0.1) is 0 Å². The third-order valence-electron chi connectivity index (χ3n) is 12.8. The maximum atomic E-state index is 12.6. The molecular formula is C35H61N3O2. The molecule has 0 unspecified atom stereocenters. The third kappa shape index (κ3) is 6.31. The number of carbonyl (C=O) groups is 1. The van der Waals surface area contributed by atoms with Gasteiger partial charge < -0.3 is 15.0 Å². The van der Waals surface area contributed by atoms with Crippen molar-refractivity contribution in [3.8, 4) is 0 Å². The Labute approximate surface area is 246 Å². The number of ether oxygens (including phenoxy) is 1. The number of likely N-dealkylation sites (N-methyl/N-ethyl adjacent to an activating group) is 1. The zero-order chi connectivity index (χ0) is 28.5. The molecule has 1 amide bonds. The fraction of sp³-hybridized carbons (Fsp3) is 0.914. The number of hydrogen-bond acceptors (Lipinski definition) is 4. The Morgan fingerprint density at radius 2 is 1.80 bits per heavy atom. The lowest BCUT2D eigenvalue weighted by Crippen LogP contribution is -2.51. The number of nitrogens with one attached hydrogen (secondary N) is 1. The minimum absolute atomic E-state index is 0.0379. The predicted molar refractivity (Wildman–Crippen MR) is 165 cm³/mol. The largest absolute Gasteiger partial charge is 0.446 e. The molecule has 4 fully saturated rings. The van der Waals surface area contributed by atoms with Crippen LogP contribution in [0.15, 0.2) is 11.6 Å². The zero-order valence-electron chi connectivity index (χ0n) is 26.9. The number of carbonyl (C=O) groups excluding carboxylic acids is 1. The number of piperazine rings is 1. The summed E-state index contributed by atoms with van der Waals surface area (Å²) in [5.41, 5.74) is 2.46. The SMILES string of the molecule is CC(C)CCC[C@@H](C)[C@H]1CC[C@H]2[C@@H]3CC=C4C[C@@H](OC(=O)NCCN5CCN(C)CC5)CC[C@]4(C)[C@H]3CC[C@]12C. The van der Waals surface area contributed by atoms with Gasteiger partial charge in [-0.15, -0.1) is 0 Å². The predicted octanol–water partition coefficient (Wildman–Crippen LogP) is 7.37. The number of allylic oxidation sites excluding steroid dienone is 1. The Morgan fingerprint density at radius 3 is 2.55 bits per heavy atom. The number of alkyl carbamates (subject to hydrolysis) is 1. The highest BCUT2D eigenvalue weighted by atomic mass is 16.6. The van der Waals surface area contributed by atoms with Gasteiger partial charge in [0.2, 0.25) is 0 Å². The maximum absolute atomic E-state index is 12.6. The minimum atomic E-state index is -0.218. The number of fused-ring (bicyclic) bond motifs is 5. The first-order valence-electron chi connectivity index (χ1n) is 17.1. The van der Waals surface area contributed by atoms with E-state index < -0.39 is 0 Å². The molecule has 4 aliphatic carbocycles. The van der Waals surface area contributed by atoms with Crippen LogP contribution in [0.4, 0.5) is 4.79 Å². The fourth-order valence-electron chi connectivity index (χ4n) is 10.3. The van der Waals surface area contributed by atoms with Crippen molar-refractivity contribution in [3.63, 3.8) is 0 Å². The Kier molecular flexibility index (Phi) is 9.62. The van der Waals surface area contributed by atoms with Crippen LogP contribution >= 0.6 is 0 Å². The van der Waals surface area contributed by atoms with Gasteiger partial charge in [0.15, 0.2) is 0 Å². The van der Waals surface area contributed by atoms with Crippen LogP contribution in [-0.4, -0.2) is 68.3 Å². The van der Waals surface area contributed by atoms with Crippen LogP contribution in [-0.2, 0) is 4.74 Å². The summed E-state index contributed by atoms with van der Waals surface area (Å²) >= 11 is 0. The first-order valence-corrected chi connectivity index (χ1v) is 17.1. The lowest BCUT2D eigenvalue weighted by Gasteiger charge is -2.58. The van der Waals surface area contributed by atoms with Gasteiger partial charge in [0.25, 0.3) is 0 Å². The fourth-order valence-corrected chi connectivity index (χ4v) is 10.3. The minimum Gasteiger partial charge on any atom is -0.446 e. The van der Waals surface area contributed by atoms with Crippen LogP contribution in [0.1, 0.15) is 105 Å². The molecule has 1 aliphatic heterocycles. The summed E-state index contributed by atoms with van der Waals surface area (Å²) in [6.45, 7) is 18.6. The summed E-state index contributed by atoms with van der Waals surface area (Å²) in [6, 6.07) is 0. The maximum Gasteiger partial charge on any atom is 0.407 e. The Hall–Kier alpha value is -1.07. The average Bonchev–Trinajstić information content (AvgIpc) is 3.27. The van der Waals surface area contributed by atoms with Crippen molar-refractivity contribution in [2.24, 2.45) is 46.3 Å². The summed E-state index contributed by atoms with van der Waals surface area (Å²) in [5, 5.41) is 3.04. The monoisotopic (exact) mass is 555 g/mol. The number of rotatable bonds is 9. The van der Waals surface area contributed by atoms with Gasteiger partial charge in [-0.1, -0.05) is 65.5 Å². The van der Waals surface area contributed by atoms with E-state index in [0.29, 0.717) is 17.4 Å². The van der Waals surface area contributed by atoms with Crippen molar-refractivity contribution >= 4 is 6.09 Å². The van der Waals surface area contributed by atoms with Crippen molar-refractivity contribution in [1.29, 1.82) is 0 Å². The molecule has 3 saturated carbocycles. The lowest BCUT2D eigenvalue weighted by atomic mass is 9.47. The van der Waals surface area contributed by atoms with E-state index in [2.05, 4.69) is 62.9 Å². The summed E-state index contributed by atoms with van der Waals surface area (Å²) in [6.07, 6.45) is 16.8. The van der Waals surface area contributed by atoms with Crippen molar-refractivity contribution in [2.75, 3.05) is 46.3 Å². The Balaban J connectivity index is 1.13. The third-order valence-corrected chi connectivity index (χ3v) is 12.8. The molecule has 1 heterocycles. The second-order valence-corrected chi connectivity index (χ2v) is 15.6. The molecule has 1 saturated heterocycles. The first kappa shape index (κ1) is 30.4. The molecular weight excluding hydrogens is 494 g/mol. The molecule has 0 radical (unpaired) electrons. The van der Waals surface area contributed by atoms with E-state index in [-0.39, 0.29) is 12.2 Å².